The van der Waals surface area contributed by atoms with Crippen LogP contribution in [0.25, 0.3) is 0 Å². The number of ether oxygens (including phenoxy) is 1. The second-order valence-corrected chi connectivity index (χ2v) is 7.96. The van der Waals surface area contributed by atoms with E-state index < -0.39 is 0 Å². The predicted octanol–water partition coefficient (Wildman–Crippen LogP) is 4.07. The zero-order chi connectivity index (χ0) is 19.1. The molecule has 0 unspecified atom stereocenters. The Kier molecular flexibility index (Phi) is 7.41. The van der Waals surface area contributed by atoms with E-state index in [1.54, 1.807) is 12.1 Å². The Labute approximate surface area is 169 Å². The minimum atomic E-state index is 0.0662. The molecule has 1 N–H and O–H groups in total. The normalized spacial score (nSPS) is 14.9. The highest BCUT2D eigenvalue weighted by molar-refractivity contribution is 7.99. The fraction of sp³-hybridized carbons (Fsp3) is 0.526. The van der Waals surface area contributed by atoms with E-state index in [9.17, 15) is 4.79 Å². The summed E-state index contributed by atoms with van der Waals surface area (Å²) in [6.07, 6.45) is 5.88. The molecule has 8 heteroatoms. The van der Waals surface area contributed by atoms with Crippen molar-refractivity contribution in [3.05, 3.63) is 35.1 Å². The highest BCUT2D eigenvalue weighted by Crippen LogP contribution is 2.21. The van der Waals surface area contributed by atoms with Crippen molar-refractivity contribution in [1.29, 1.82) is 0 Å². The molecule has 0 atom stereocenters. The number of hydrogen-bond donors (Lipinski definition) is 1. The van der Waals surface area contributed by atoms with Crippen molar-refractivity contribution in [2.75, 3.05) is 5.75 Å². The number of nitrogens with zero attached hydrogens (tertiary/aromatic N) is 3. The van der Waals surface area contributed by atoms with Gasteiger partial charge in [0.05, 0.1) is 5.75 Å². The molecule has 1 heterocycles. The molecular formula is C19H25ClN4O2S. The van der Waals surface area contributed by atoms with Gasteiger partial charge in [-0.2, -0.15) is 0 Å². The molecule has 1 saturated carbocycles. The fourth-order valence-corrected chi connectivity index (χ4v) is 4.13. The minimum Gasteiger partial charge on any atom is -0.486 e. The van der Waals surface area contributed by atoms with Crippen LogP contribution in [0.4, 0.5) is 0 Å². The number of carbonyl (C=O) groups is 1. The highest BCUT2D eigenvalue weighted by atomic mass is 35.5. The van der Waals surface area contributed by atoms with Crippen molar-refractivity contribution in [1.82, 2.24) is 20.1 Å². The number of rotatable bonds is 8. The van der Waals surface area contributed by atoms with E-state index in [1.807, 2.05) is 23.6 Å². The van der Waals surface area contributed by atoms with Gasteiger partial charge in [-0.3, -0.25) is 4.79 Å². The Hall–Kier alpha value is -1.73. The third-order valence-corrected chi connectivity index (χ3v) is 5.81. The van der Waals surface area contributed by atoms with Crippen LogP contribution in [0, 0.1) is 0 Å². The summed E-state index contributed by atoms with van der Waals surface area (Å²) in [6.45, 7) is 3.07. The van der Waals surface area contributed by atoms with Crippen LogP contribution in [0.2, 0.25) is 5.02 Å². The van der Waals surface area contributed by atoms with Crippen LogP contribution in [-0.4, -0.2) is 32.5 Å². The van der Waals surface area contributed by atoms with Gasteiger partial charge >= 0.3 is 0 Å². The molecule has 3 rings (SSSR count). The van der Waals surface area contributed by atoms with Crippen LogP contribution >= 0.6 is 23.4 Å². The van der Waals surface area contributed by atoms with Gasteiger partial charge in [0.25, 0.3) is 0 Å². The van der Waals surface area contributed by atoms with E-state index in [4.69, 9.17) is 16.3 Å². The molecule has 1 amide bonds. The van der Waals surface area contributed by atoms with Crippen molar-refractivity contribution in [3.63, 3.8) is 0 Å². The monoisotopic (exact) mass is 408 g/mol. The molecule has 0 bridgehead atoms. The highest BCUT2D eigenvalue weighted by Gasteiger charge is 2.17. The summed E-state index contributed by atoms with van der Waals surface area (Å²) in [5, 5.41) is 13.0. The summed E-state index contributed by atoms with van der Waals surface area (Å²) in [6, 6.07) is 7.54. The van der Waals surface area contributed by atoms with E-state index in [-0.39, 0.29) is 5.91 Å². The second kappa shape index (κ2) is 9.99. The first-order chi connectivity index (χ1) is 13.2. The lowest BCUT2D eigenvalue weighted by atomic mass is 9.95. The minimum absolute atomic E-state index is 0.0662. The summed E-state index contributed by atoms with van der Waals surface area (Å²) in [7, 11) is 0. The van der Waals surface area contributed by atoms with Crippen LogP contribution in [-0.2, 0) is 17.9 Å². The fourth-order valence-electron chi connectivity index (χ4n) is 3.18. The van der Waals surface area contributed by atoms with E-state index in [2.05, 4.69) is 15.5 Å². The van der Waals surface area contributed by atoms with Gasteiger partial charge in [-0.05, 0) is 44.0 Å². The molecule has 0 aliphatic heterocycles. The standard InChI is InChI=1S/C19H25ClN4O2S/c1-2-24-17(12-26-16-10-8-14(20)9-11-16)22-23-19(24)27-13-18(25)21-15-6-4-3-5-7-15/h8-11,15H,2-7,12-13H2,1H3,(H,21,25). The summed E-state index contributed by atoms with van der Waals surface area (Å²) in [4.78, 5) is 12.2. The first-order valence-electron chi connectivity index (χ1n) is 9.38. The predicted molar refractivity (Wildman–Crippen MR) is 107 cm³/mol. The van der Waals surface area contributed by atoms with Gasteiger partial charge in [0, 0.05) is 17.6 Å². The molecule has 2 aromatic rings. The van der Waals surface area contributed by atoms with Crippen LogP contribution in [0.15, 0.2) is 29.4 Å². The lowest BCUT2D eigenvalue weighted by molar-refractivity contribution is -0.119. The van der Waals surface area contributed by atoms with Crippen LogP contribution in [0.3, 0.4) is 0 Å². The quantitative estimate of drug-likeness (QED) is 0.666. The molecule has 0 radical (unpaired) electrons. The molecule has 27 heavy (non-hydrogen) atoms. The summed E-state index contributed by atoms with van der Waals surface area (Å²) < 4.78 is 7.74. The maximum atomic E-state index is 12.2. The van der Waals surface area contributed by atoms with Gasteiger partial charge in [-0.25, -0.2) is 0 Å². The first kappa shape index (κ1) is 20.0. The topological polar surface area (TPSA) is 69.0 Å². The van der Waals surface area contributed by atoms with E-state index in [0.29, 0.717) is 23.4 Å². The molecule has 1 aliphatic carbocycles. The third-order valence-electron chi connectivity index (χ3n) is 4.59. The number of amides is 1. The van der Waals surface area contributed by atoms with Gasteiger partial charge in [-0.15, -0.1) is 10.2 Å². The van der Waals surface area contributed by atoms with Crippen molar-refractivity contribution in [2.24, 2.45) is 0 Å². The summed E-state index contributed by atoms with van der Waals surface area (Å²) >= 11 is 7.30. The number of aromatic nitrogens is 3. The summed E-state index contributed by atoms with van der Waals surface area (Å²) in [5.74, 6) is 1.89. The Morgan fingerprint density at radius 2 is 2.00 bits per heavy atom. The zero-order valence-electron chi connectivity index (χ0n) is 15.5. The molecule has 1 fully saturated rings. The largest absolute Gasteiger partial charge is 0.486 e. The Morgan fingerprint density at radius 3 is 2.70 bits per heavy atom. The number of halogens is 1. The van der Waals surface area contributed by atoms with Crippen LogP contribution in [0.5, 0.6) is 5.75 Å². The number of benzene rings is 1. The van der Waals surface area contributed by atoms with E-state index in [1.165, 1.54) is 31.0 Å². The van der Waals surface area contributed by atoms with Crippen molar-refractivity contribution < 1.29 is 9.53 Å². The van der Waals surface area contributed by atoms with Gasteiger partial charge in [-0.1, -0.05) is 42.6 Å². The molecule has 0 saturated heterocycles. The number of carbonyl (C=O) groups excluding carboxylic acids is 1. The summed E-state index contributed by atoms with van der Waals surface area (Å²) in [5.41, 5.74) is 0. The van der Waals surface area contributed by atoms with Crippen LogP contribution < -0.4 is 10.1 Å². The van der Waals surface area contributed by atoms with Gasteiger partial charge < -0.3 is 14.6 Å². The van der Waals surface area contributed by atoms with Gasteiger partial charge in [0.15, 0.2) is 11.0 Å². The first-order valence-corrected chi connectivity index (χ1v) is 10.7. The molecule has 1 aromatic carbocycles. The average molecular weight is 409 g/mol. The maximum absolute atomic E-state index is 12.2. The molecule has 1 aliphatic rings. The number of nitrogens with one attached hydrogen (secondary N) is 1. The van der Waals surface area contributed by atoms with Crippen molar-refractivity contribution in [2.45, 2.75) is 63.4 Å². The lowest BCUT2D eigenvalue weighted by Gasteiger charge is -2.22. The number of hydrogen-bond acceptors (Lipinski definition) is 5. The molecular weight excluding hydrogens is 384 g/mol. The van der Waals surface area contributed by atoms with Crippen molar-refractivity contribution >= 4 is 29.3 Å². The Bertz CT molecular complexity index is 745. The average Bonchev–Trinajstić information content (AvgIpc) is 3.08. The Morgan fingerprint density at radius 1 is 1.26 bits per heavy atom. The van der Waals surface area contributed by atoms with Crippen molar-refractivity contribution in [3.8, 4) is 5.75 Å². The SMILES string of the molecule is CCn1c(COc2ccc(Cl)cc2)nnc1SCC(=O)NC1CCCCC1. The van der Waals surface area contributed by atoms with Gasteiger partial charge in [0.1, 0.15) is 12.4 Å². The van der Waals surface area contributed by atoms with E-state index in [0.717, 1.165) is 36.1 Å². The molecule has 0 spiro atoms. The van der Waals surface area contributed by atoms with Crippen LogP contribution in [0.1, 0.15) is 44.9 Å². The zero-order valence-corrected chi connectivity index (χ0v) is 17.1. The van der Waals surface area contributed by atoms with Gasteiger partial charge in [0.2, 0.25) is 5.91 Å². The molecule has 1 aromatic heterocycles. The third kappa shape index (κ3) is 5.87. The lowest BCUT2D eigenvalue weighted by Crippen LogP contribution is -2.37. The second-order valence-electron chi connectivity index (χ2n) is 6.58. The molecule has 6 nitrogen and oxygen atoms in total. The Balaban J connectivity index is 1.51. The number of thioether (sulfide) groups is 1. The maximum Gasteiger partial charge on any atom is 0.230 e. The van der Waals surface area contributed by atoms with E-state index >= 15 is 0 Å². The molecule has 146 valence electrons. The smallest absolute Gasteiger partial charge is 0.230 e.